The van der Waals surface area contributed by atoms with E-state index in [0.717, 1.165) is 5.56 Å². The molecule has 4 aromatic rings. The number of nitrogens with zero attached hydrogens (tertiary/aromatic N) is 1. The molecule has 0 saturated heterocycles. The second-order valence-corrected chi connectivity index (χ2v) is 8.40. The van der Waals surface area contributed by atoms with E-state index in [-0.39, 0.29) is 9.92 Å². The zero-order chi connectivity index (χ0) is 19.1. The Morgan fingerprint density at radius 1 is 0.821 bits per heavy atom. The van der Waals surface area contributed by atoms with Crippen molar-refractivity contribution in [2.24, 2.45) is 0 Å². The normalized spacial score (nSPS) is 15.4. The average Bonchev–Trinajstić information content (AvgIpc) is 3.21. The van der Waals surface area contributed by atoms with Gasteiger partial charge in [-0.1, -0.05) is 66.7 Å². The summed E-state index contributed by atoms with van der Waals surface area (Å²) in [5, 5.41) is 7.18. The summed E-state index contributed by atoms with van der Waals surface area (Å²) in [5.74, 6) is 0.634. The Kier molecular flexibility index (Phi) is 3.80. The molecule has 0 spiro atoms. The van der Waals surface area contributed by atoms with Crippen molar-refractivity contribution in [3.05, 3.63) is 96.2 Å². The summed E-state index contributed by atoms with van der Waals surface area (Å²) in [7, 11) is -3.78. The minimum absolute atomic E-state index is 0.0189. The van der Waals surface area contributed by atoms with E-state index in [1.807, 2.05) is 54.6 Å². The van der Waals surface area contributed by atoms with Crippen LogP contribution in [0, 0.1) is 0 Å². The fourth-order valence-electron chi connectivity index (χ4n) is 3.52. The van der Waals surface area contributed by atoms with Gasteiger partial charge in [0.1, 0.15) is 5.75 Å². The van der Waals surface area contributed by atoms with Crippen LogP contribution in [0.15, 0.2) is 94.9 Å². The molecule has 28 heavy (non-hydrogen) atoms. The highest BCUT2D eigenvalue weighted by Crippen LogP contribution is 2.46. The number of aromatic nitrogens is 2. The van der Waals surface area contributed by atoms with E-state index in [2.05, 4.69) is 10.2 Å². The van der Waals surface area contributed by atoms with Crippen LogP contribution in [0.25, 0.3) is 11.1 Å². The van der Waals surface area contributed by atoms with Crippen molar-refractivity contribution in [1.82, 2.24) is 10.2 Å². The quantitative estimate of drug-likeness (QED) is 0.565. The Hall–Kier alpha value is -3.38. The number of H-pyrrole nitrogens is 1. The van der Waals surface area contributed by atoms with Gasteiger partial charge in [-0.25, -0.2) is 8.42 Å². The monoisotopic (exact) mass is 388 g/mol. The lowest BCUT2D eigenvalue weighted by molar-refractivity contribution is 0.238. The Morgan fingerprint density at radius 3 is 2.21 bits per heavy atom. The summed E-state index contributed by atoms with van der Waals surface area (Å²) in [6.07, 6.45) is -0.460. The summed E-state index contributed by atoms with van der Waals surface area (Å²) in [6.45, 7) is 0. The van der Waals surface area contributed by atoms with Crippen molar-refractivity contribution >= 4 is 9.84 Å². The second-order valence-electron chi connectivity index (χ2n) is 6.54. The molecule has 138 valence electrons. The largest absolute Gasteiger partial charge is 0.479 e. The minimum atomic E-state index is -3.78. The third kappa shape index (κ3) is 2.53. The summed E-state index contributed by atoms with van der Waals surface area (Å²) in [5.41, 5.74) is 2.84. The number of rotatable bonds is 3. The van der Waals surface area contributed by atoms with E-state index >= 15 is 0 Å². The molecule has 1 N–H and O–H groups in total. The number of sulfone groups is 1. The highest BCUT2D eigenvalue weighted by molar-refractivity contribution is 7.91. The molecule has 5 rings (SSSR count). The predicted octanol–water partition coefficient (Wildman–Crippen LogP) is 4.39. The number of para-hydroxylation sites is 1. The van der Waals surface area contributed by atoms with Crippen LogP contribution in [0.2, 0.25) is 0 Å². The molecule has 1 unspecified atom stereocenters. The number of hydrogen-bond donors (Lipinski definition) is 1. The molecule has 3 aromatic carbocycles. The van der Waals surface area contributed by atoms with E-state index in [0.29, 0.717) is 22.6 Å². The van der Waals surface area contributed by atoms with Gasteiger partial charge in [0.2, 0.25) is 9.84 Å². The SMILES string of the molecule is O=S(=O)(c1ccccc1)c1n[nH]c2c1-c1ccccc1OC2c1ccccc1. The number of aromatic amines is 1. The molecule has 5 nitrogen and oxygen atoms in total. The average molecular weight is 388 g/mol. The molecule has 0 bridgehead atoms. The van der Waals surface area contributed by atoms with E-state index in [1.54, 1.807) is 30.3 Å². The third-order valence-corrected chi connectivity index (χ3v) is 6.53. The van der Waals surface area contributed by atoms with E-state index in [9.17, 15) is 8.42 Å². The van der Waals surface area contributed by atoms with Crippen LogP contribution in [0.4, 0.5) is 0 Å². The van der Waals surface area contributed by atoms with Gasteiger partial charge >= 0.3 is 0 Å². The first kappa shape index (κ1) is 16.8. The van der Waals surface area contributed by atoms with Crippen LogP contribution in [0.3, 0.4) is 0 Å². The smallest absolute Gasteiger partial charge is 0.226 e. The van der Waals surface area contributed by atoms with Crippen molar-refractivity contribution in [1.29, 1.82) is 0 Å². The molecule has 1 aliphatic heterocycles. The van der Waals surface area contributed by atoms with Crippen molar-refractivity contribution < 1.29 is 13.2 Å². The zero-order valence-corrected chi connectivity index (χ0v) is 15.6. The standard InChI is InChI=1S/C22H16N2O3S/c25-28(26,16-11-5-2-6-12-16)22-19-17-13-7-8-14-18(17)27-21(20(19)23-24-22)15-9-3-1-4-10-15/h1-14,21H,(H,23,24). The van der Waals surface area contributed by atoms with E-state index < -0.39 is 15.9 Å². The Balaban J connectivity index is 1.76. The molecule has 0 fully saturated rings. The highest BCUT2D eigenvalue weighted by Gasteiger charge is 2.36. The first-order valence-electron chi connectivity index (χ1n) is 8.85. The summed E-state index contributed by atoms with van der Waals surface area (Å²) in [4.78, 5) is 0.213. The summed E-state index contributed by atoms with van der Waals surface area (Å²) in [6, 6.07) is 25.5. The lowest BCUT2D eigenvalue weighted by Gasteiger charge is -2.26. The molecule has 0 aliphatic carbocycles. The molecule has 2 heterocycles. The minimum Gasteiger partial charge on any atom is -0.479 e. The summed E-state index contributed by atoms with van der Waals surface area (Å²) < 4.78 is 32.8. The molecular weight excluding hydrogens is 372 g/mol. The van der Waals surface area contributed by atoms with Crippen LogP contribution in [0.1, 0.15) is 17.4 Å². The lowest BCUT2D eigenvalue weighted by Crippen LogP contribution is -2.16. The molecule has 0 saturated carbocycles. The molecule has 1 atom stereocenters. The van der Waals surface area contributed by atoms with Gasteiger partial charge in [0.15, 0.2) is 11.1 Å². The second kappa shape index (κ2) is 6.35. The van der Waals surface area contributed by atoms with Gasteiger partial charge in [0, 0.05) is 5.56 Å². The maximum Gasteiger partial charge on any atom is 0.226 e. The van der Waals surface area contributed by atoms with Gasteiger partial charge in [-0.3, -0.25) is 5.10 Å². The van der Waals surface area contributed by atoms with Crippen LogP contribution >= 0.6 is 0 Å². The number of fused-ring (bicyclic) bond motifs is 3. The topological polar surface area (TPSA) is 72.0 Å². The highest BCUT2D eigenvalue weighted by atomic mass is 32.2. The van der Waals surface area contributed by atoms with Gasteiger partial charge in [0.05, 0.1) is 16.2 Å². The Morgan fingerprint density at radius 2 is 1.46 bits per heavy atom. The van der Waals surface area contributed by atoms with Crippen LogP contribution in [-0.4, -0.2) is 18.6 Å². The van der Waals surface area contributed by atoms with Gasteiger partial charge in [-0.2, -0.15) is 5.10 Å². The fourth-order valence-corrected chi connectivity index (χ4v) is 4.91. The van der Waals surface area contributed by atoms with Crippen LogP contribution < -0.4 is 4.74 Å². The van der Waals surface area contributed by atoms with Crippen molar-refractivity contribution in [3.8, 4) is 16.9 Å². The van der Waals surface area contributed by atoms with Crippen LogP contribution in [0.5, 0.6) is 5.75 Å². The number of nitrogens with one attached hydrogen (secondary N) is 1. The molecule has 6 heteroatoms. The van der Waals surface area contributed by atoms with Crippen molar-refractivity contribution in [2.45, 2.75) is 16.0 Å². The van der Waals surface area contributed by atoms with E-state index in [1.165, 1.54) is 0 Å². The van der Waals surface area contributed by atoms with Gasteiger partial charge in [-0.15, -0.1) is 0 Å². The third-order valence-electron chi connectivity index (χ3n) is 4.83. The van der Waals surface area contributed by atoms with Gasteiger partial charge < -0.3 is 4.74 Å². The predicted molar refractivity (Wildman–Crippen MR) is 105 cm³/mol. The number of hydrogen-bond acceptors (Lipinski definition) is 4. The Labute approximate surface area is 162 Å². The van der Waals surface area contributed by atoms with Crippen molar-refractivity contribution in [3.63, 3.8) is 0 Å². The zero-order valence-electron chi connectivity index (χ0n) is 14.7. The Bertz CT molecular complexity index is 1250. The number of benzene rings is 3. The molecular formula is C22H16N2O3S. The van der Waals surface area contributed by atoms with E-state index in [4.69, 9.17) is 4.74 Å². The first-order chi connectivity index (χ1) is 13.7. The van der Waals surface area contributed by atoms with Gasteiger partial charge in [-0.05, 0) is 23.8 Å². The summed E-state index contributed by atoms with van der Waals surface area (Å²) >= 11 is 0. The van der Waals surface area contributed by atoms with Crippen LogP contribution in [-0.2, 0) is 9.84 Å². The van der Waals surface area contributed by atoms with Crippen molar-refractivity contribution in [2.75, 3.05) is 0 Å². The molecule has 1 aromatic heterocycles. The maximum absolute atomic E-state index is 13.3. The first-order valence-corrected chi connectivity index (χ1v) is 10.3. The molecule has 0 amide bonds. The van der Waals surface area contributed by atoms with Gasteiger partial charge in [0.25, 0.3) is 0 Å². The lowest BCUT2D eigenvalue weighted by atomic mass is 9.95. The fraction of sp³-hybridized carbons (Fsp3) is 0.0455. The maximum atomic E-state index is 13.3. The number of ether oxygens (including phenoxy) is 1. The molecule has 1 aliphatic rings. The molecule has 0 radical (unpaired) electrons.